The molecule has 1 aromatic carbocycles. The van der Waals surface area contributed by atoms with Gasteiger partial charge < -0.3 is 15.4 Å². The minimum Gasteiger partial charge on any atom is -0.445 e. The van der Waals surface area contributed by atoms with E-state index in [0.29, 0.717) is 18.4 Å². The summed E-state index contributed by atoms with van der Waals surface area (Å²) in [4.78, 5) is 13.8. The maximum atomic E-state index is 12.0. The molecule has 1 amide bonds. The first-order chi connectivity index (χ1) is 9.70. The lowest BCUT2D eigenvalue weighted by molar-refractivity contribution is 0.0771. The number of ether oxygens (including phenoxy) is 1. The Morgan fingerprint density at radius 1 is 1.35 bits per heavy atom. The zero-order valence-corrected chi connectivity index (χ0v) is 12.1. The van der Waals surface area contributed by atoms with E-state index in [1.54, 1.807) is 0 Å². The fraction of sp³-hybridized carbons (Fsp3) is 0.562. The van der Waals surface area contributed by atoms with E-state index < -0.39 is 0 Å². The molecule has 0 radical (unpaired) electrons. The summed E-state index contributed by atoms with van der Waals surface area (Å²) in [6.07, 6.45) is 1.85. The van der Waals surface area contributed by atoms with Gasteiger partial charge in [0.2, 0.25) is 0 Å². The first-order valence-electron chi connectivity index (χ1n) is 7.36. The van der Waals surface area contributed by atoms with Crippen molar-refractivity contribution in [3.05, 3.63) is 35.9 Å². The fourth-order valence-corrected chi connectivity index (χ4v) is 2.65. The summed E-state index contributed by atoms with van der Waals surface area (Å²) in [5.41, 5.74) is 6.73. The summed E-state index contributed by atoms with van der Waals surface area (Å²) in [7, 11) is 0. The van der Waals surface area contributed by atoms with Gasteiger partial charge in [-0.15, -0.1) is 0 Å². The van der Waals surface area contributed by atoms with Gasteiger partial charge in [0.1, 0.15) is 6.61 Å². The Morgan fingerprint density at radius 3 is 2.60 bits per heavy atom. The van der Waals surface area contributed by atoms with E-state index in [9.17, 15) is 4.79 Å². The van der Waals surface area contributed by atoms with Crippen molar-refractivity contribution in [1.82, 2.24) is 4.90 Å². The van der Waals surface area contributed by atoms with Crippen LogP contribution in [0.4, 0.5) is 4.79 Å². The van der Waals surface area contributed by atoms with E-state index in [2.05, 4.69) is 6.92 Å². The number of piperidine rings is 1. The zero-order valence-electron chi connectivity index (χ0n) is 12.1. The number of nitrogens with zero attached hydrogens (tertiary/aromatic N) is 1. The molecule has 0 aliphatic carbocycles. The molecule has 1 unspecified atom stereocenters. The third-order valence-corrected chi connectivity index (χ3v) is 4.18. The van der Waals surface area contributed by atoms with Crippen molar-refractivity contribution in [3.63, 3.8) is 0 Å². The smallest absolute Gasteiger partial charge is 0.410 e. The largest absolute Gasteiger partial charge is 0.445 e. The highest BCUT2D eigenvalue weighted by molar-refractivity contribution is 5.67. The molecule has 1 heterocycles. The minimum absolute atomic E-state index is 0.201. The first-order valence-corrected chi connectivity index (χ1v) is 7.36. The number of hydrogen-bond acceptors (Lipinski definition) is 3. The molecule has 4 heteroatoms. The average Bonchev–Trinajstić information content (AvgIpc) is 2.53. The molecule has 4 nitrogen and oxygen atoms in total. The van der Waals surface area contributed by atoms with Crippen molar-refractivity contribution in [2.24, 2.45) is 17.6 Å². The molecule has 1 fully saturated rings. The van der Waals surface area contributed by atoms with Gasteiger partial charge in [-0.2, -0.15) is 0 Å². The molecule has 0 aromatic heterocycles. The predicted octanol–water partition coefficient (Wildman–Crippen LogP) is 2.63. The van der Waals surface area contributed by atoms with Crippen molar-refractivity contribution in [1.29, 1.82) is 0 Å². The number of hydrogen-bond donors (Lipinski definition) is 1. The van der Waals surface area contributed by atoms with Crippen LogP contribution in [0.1, 0.15) is 25.3 Å². The lowest BCUT2D eigenvalue weighted by atomic mass is 9.86. The van der Waals surface area contributed by atoms with E-state index in [-0.39, 0.29) is 6.09 Å². The van der Waals surface area contributed by atoms with Crippen LogP contribution in [0, 0.1) is 11.8 Å². The zero-order chi connectivity index (χ0) is 14.4. The molecule has 0 spiro atoms. The summed E-state index contributed by atoms with van der Waals surface area (Å²) >= 11 is 0. The van der Waals surface area contributed by atoms with Gasteiger partial charge in [0, 0.05) is 13.1 Å². The van der Waals surface area contributed by atoms with Crippen molar-refractivity contribution in [2.45, 2.75) is 26.4 Å². The van der Waals surface area contributed by atoms with Crippen LogP contribution in [0.5, 0.6) is 0 Å². The van der Waals surface area contributed by atoms with Crippen LogP contribution < -0.4 is 5.73 Å². The second-order valence-corrected chi connectivity index (χ2v) is 5.58. The molecule has 1 aromatic rings. The average molecular weight is 276 g/mol. The van der Waals surface area contributed by atoms with E-state index in [4.69, 9.17) is 10.5 Å². The summed E-state index contributed by atoms with van der Waals surface area (Å²) in [6, 6.07) is 9.77. The Morgan fingerprint density at radius 2 is 2.00 bits per heavy atom. The Kier molecular flexibility index (Phi) is 5.41. The molecule has 2 rings (SSSR count). The number of carbonyl (C=O) groups excluding carboxylic acids is 1. The van der Waals surface area contributed by atoms with E-state index in [0.717, 1.165) is 38.0 Å². The Labute approximate surface area is 120 Å². The topological polar surface area (TPSA) is 55.6 Å². The summed E-state index contributed by atoms with van der Waals surface area (Å²) in [6.45, 7) is 4.82. The highest BCUT2D eigenvalue weighted by Gasteiger charge is 2.26. The van der Waals surface area contributed by atoms with Gasteiger partial charge in [0.25, 0.3) is 0 Å². The number of carbonyl (C=O) groups is 1. The monoisotopic (exact) mass is 276 g/mol. The van der Waals surface area contributed by atoms with Crippen LogP contribution in [0.2, 0.25) is 0 Å². The number of likely N-dealkylation sites (tertiary alicyclic amines) is 1. The summed E-state index contributed by atoms with van der Waals surface area (Å²) in [5.74, 6) is 1.18. The van der Waals surface area contributed by atoms with Crippen molar-refractivity contribution in [3.8, 4) is 0 Å². The second-order valence-electron chi connectivity index (χ2n) is 5.58. The molecule has 1 saturated heterocycles. The third-order valence-electron chi connectivity index (χ3n) is 4.18. The van der Waals surface area contributed by atoms with Gasteiger partial charge in [-0.3, -0.25) is 0 Å². The highest BCUT2D eigenvalue weighted by Crippen LogP contribution is 2.24. The molecular formula is C16H24N2O2. The van der Waals surface area contributed by atoms with Crippen molar-refractivity contribution in [2.75, 3.05) is 19.6 Å². The Balaban J connectivity index is 1.75. The van der Waals surface area contributed by atoms with Crippen molar-refractivity contribution < 1.29 is 9.53 Å². The number of nitrogens with two attached hydrogens (primary N) is 1. The standard InChI is InChI=1S/C16H24N2O2/c1-13(11-17)15-7-9-18(10-8-15)16(19)20-12-14-5-3-2-4-6-14/h2-6,13,15H,7-12,17H2,1H3. The summed E-state index contributed by atoms with van der Waals surface area (Å²) in [5, 5.41) is 0. The lowest BCUT2D eigenvalue weighted by Crippen LogP contribution is -2.40. The third kappa shape index (κ3) is 3.97. The van der Waals surface area contributed by atoms with Gasteiger partial charge >= 0.3 is 6.09 Å². The SMILES string of the molecule is CC(CN)C1CCN(C(=O)OCc2ccccc2)CC1. The molecule has 1 aliphatic heterocycles. The molecule has 0 bridgehead atoms. The number of rotatable bonds is 4. The number of amides is 1. The van der Waals surface area contributed by atoms with Gasteiger partial charge in [-0.05, 0) is 36.8 Å². The van der Waals surface area contributed by atoms with E-state index in [1.165, 1.54) is 0 Å². The van der Waals surface area contributed by atoms with Crippen LogP contribution in [-0.2, 0) is 11.3 Å². The summed E-state index contributed by atoms with van der Waals surface area (Å²) < 4.78 is 5.35. The molecule has 1 atom stereocenters. The molecule has 20 heavy (non-hydrogen) atoms. The Hall–Kier alpha value is -1.55. The predicted molar refractivity (Wildman–Crippen MR) is 79.1 cm³/mol. The van der Waals surface area contributed by atoms with Gasteiger partial charge in [-0.1, -0.05) is 37.3 Å². The van der Waals surface area contributed by atoms with Crippen LogP contribution in [0.25, 0.3) is 0 Å². The van der Waals surface area contributed by atoms with E-state index in [1.807, 2.05) is 35.2 Å². The molecule has 0 saturated carbocycles. The highest BCUT2D eigenvalue weighted by atomic mass is 16.6. The first kappa shape index (κ1) is 14.9. The van der Waals surface area contributed by atoms with E-state index >= 15 is 0 Å². The molecule has 1 aliphatic rings. The quantitative estimate of drug-likeness (QED) is 0.919. The number of benzene rings is 1. The van der Waals surface area contributed by atoms with Crippen LogP contribution >= 0.6 is 0 Å². The minimum atomic E-state index is -0.201. The van der Waals surface area contributed by atoms with Gasteiger partial charge in [0.05, 0.1) is 0 Å². The fourth-order valence-electron chi connectivity index (χ4n) is 2.65. The second kappa shape index (κ2) is 7.29. The maximum absolute atomic E-state index is 12.0. The van der Waals surface area contributed by atoms with Gasteiger partial charge in [-0.25, -0.2) is 4.79 Å². The lowest BCUT2D eigenvalue weighted by Gasteiger charge is -2.33. The van der Waals surface area contributed by atoms with Gasteiger partial charge in [0.15, 0.2) is 0 Å². The molecule has 2 N–H and O–H groups in total. The molecular weight excluding hydrogens is 252 g/mol. The van der Waals surface area contributed by atoms with Crippen LogP contribution in [0.3, 0.4) is 0 Å². The van der Waals surface area contributed by atoms with Crippen LogP contribution in [-0.4, -0.2) is 30.6 Å². The normalized spacial score (nSPS) is 17.8. The molecule has 110 valence electrons. The maximum Gasteiger partial charge on any atom is 0.410 e. The Bertz CT molecular complexity index is 414. The van der Waals surface area contributed by atoms with Crippen LogP contribution in [0.15, 0.2) is 30.3 Å². The van der Waals surface area contributed by atoms with Crippen molar-refractivity contribution >= 4 is 6.09 Å².